The van der Waals surface area contributed by atoms with Gasteiger partial charge in [-0.2, -0.15) is 0 Å². The lowest BCUT2D eigenvalue weighted by Crippen LogP contribution is -2.22. The molecule has 1 aliphatic carbocycles. The molecule has 2 atom stereocenters. The van der Waals surface area contributed by atoms with Gasteiger partial charge < -0.3 is 5.73 Å². The number of sulfone groups is 1. The number of hydrogen-bond donors (Lipinski definition) is 1. The molecule has 2 unspecified atom stereocenters. The molecule has 2 N–H and O–H groups in total. The van der Waals surface area contributed by atoms with Gasteiger partial charge in [0.25, 0.3) is 0 Å². The van der Waals surface area contributed by atoms with Crippen LogP contribution in [0.1, 0.15) is 19.3 Å². The van der Waals surface area contributed by atoms with E-state index < -0.39 is 20.9 Å². The van der Waals surface area contributed by atoms with E-state index in [1.54, 1.807) is 0 Å². The van der Waals surface area contributed by atoms with Crippen LogP contribution in [0.2, 0.25) is 0 Å². The maximum absolute atomic E-state index is 13.4. The van der Waals surface area contributed by atoms with Gasteiger partial charge in [0.15, 0.2) is 9.84 Å². The van der Waals surface area contributed by atoms with Crippen molar-refractivity contribution in [3.63, 3.8) is 0 Å². The first-order valence-electron chi connectivity index (χ1n) is 5.26. The summed E-state index contributed by atoms with van der Waals surface area (Å²) in [6.45, 7) is 0. The lowest BCUT2D eigenvalue weighted by molar-refractivity contribution is 0.555. The van der Waals surface area contributed by atoms with Crippen LogP contribution in [-0.4, -0.2) is 19.7 Å². The molecule has 0 bridgehead atoms. The standard InChI is InChI=1S/C11H14FNO2S/c12-10-3-1-2-4-11(10)16(14,15)9-6-5-8(13)7-9/h1-4,8-9H,5-7,13H2. The van der Waals surface area contributed by atoms with Crippen molar-refractivity contribution in [2.24, 2.45) is 5.73 Å². The van der Waals surface area contributed by atoms with Gasteiger partial charge in [-0.3, -0.25) is 0 Å². The molecule has 0 radical (unpaired) electrons. The lowest BCUT2D eigenvalue weighted by Gasteiger charge is -2.11. The summed E-state index contributed by atoms with van der Waals surface area (Å²) in [5.74, 6) is -0.678. The fourth-order valence-electron chi connectivity index (χ4n) is 2.11. The predicted octanol–water partition coefficient (Wildman–Crippen LogP) is 1.48. The molecule has 1 aliphatic rings. The van der Waals surface area contributed by atoms with Crippen molar-refractivity contribution >= 4 is 9.84 Å². The van der Waals surface area contributed by atoms with Crippen LogP contribution < -0.4 is 5.73 Å². The molecule has 3 nitrogen and oxygen atoms in total. The van der Waals surface area contributed by atoms with Gasteiger partial charge in [0.2, 0.25) is 0 Å². The van der Waals surface area contributed by atoms with E-state index in [0.717, 1.165) is 0 Å². The number of hydrogen-bond acceptors (Lipinski definition) is 3. The van der Waals surface area contributed by atoms with Crippen LogP contribution in [0.3, 0.4) is 0 Å². The summed E-state index contributed by atoms with van der Waals surface area (Å²) >= 11 is 0. The predicted molar refractivity (Wildman–Crippen MR) is 59.2 cm³/mol. The summed E-state index contributed by atoms with van der Waals surface area (Å²) in [7, 11) is -3.56. The highest BCUT2D eigenvalue weighted by Gasteiger charge is 2.35. The van der Waals surface area contributed by atoms with Crippen molar-refractivity contribution < 1.29 is 12.8 Å². The molecule has 1 aromatic carbocycles. The third-order valence-electron chi connectivity index (χ3n) is 3.01. The summed E-state index contributed by atoms with van der Waals surface area (Å²) in [6.07, 6.45) is 1.65. The molecule has 0 amide bonds. The van der Waals surface area contributed by atoms with Gasteiger partial charge >= 0.3 is 0 Å². The van der Waals surface area contributed by atoms with E-state index in [2.05, 4.69) is 0 Å². The average Bonchev–Trinajstić information content (AvgIpc) is 2.66. The fourth-order valence-corrected chi connectivity index (χ4v) is 4.02. The molecular formula is C11H14FNO2S. The first kappa shape index (κ1) is 11.5. The molecule has 0 aliphatic heterocycles. The third-order valence-corrected chi connectivity index (χ3v) is 5.26. The highest BCUT2D eigenvalue weighted by Crippen LogP contribution is 2.30. The summed E-state index contributed by atoms with van der Waals surface area (Å²) in [6, 6.07) is 5.42. The molecule has 1 saturated carbocycles. The van der Waals surface area contributed by atoms with E-state index >= 15 is 0 Å². The van der Waals surface area contributed by atoms with E-state index in [9.17, 15) is 12.8 Å². The second kappa shape index (κ2) is 4.14. The second-order valence-corrected chi connectivity index (χ2v) is 6.37. The van der Waals surface area contributed by atoms with Crippen molar-refractivity contribution in [2.75, 3.05) is 0 Å². The van der Waals surface area contributed by atoms with Crippen molar-refractivity contribution in [3.05, 3.63) is 30.1 Å². The Morgan fingerprint density at radius 1 is 1.25 bits per heavy atom. The minimum Gasteiger partial charge on any atom is -0.328 e. The minimum atomic E-state index is -3.56. The Labute approximate surface area is 94.4 Å². The van der Waals surface area contributed by atoms with Crippen molar-refractivity contribution in [1.29, 1.82) is 0 Å². The van der Waals surface area contributed by atoms with Gasteiger partial charge in [0.05, 0.1) is 5.25 Å². The Bertz CT molecular complexity index is 487. The molecule has 88 valence electrons. The monoisotopic (exact) mass is 243 g/mol. The first-order chi connectivity index (χ1) is 7.51. The smallest absolute Gasteiger partial charge is 0.184 e. The highest BCUT2D eigenvalue weighted by molar-refractivity contribution is 7.92. The van der Waals surface area contributed by atoms with Gasteiger partial charge in [-0.25, -0.2) is 12.8 Å². The molecule has 2 rings (SSSR count). The molecule has 5 heteroatoms. The normalized spacial score (nSPS) is 25.9. The molecule has 0 saturated heterocycles. The Hall–Kier alpha value is -0.940. The molecule has 0 aromatic heterocycles. The van der Waals surface area contributed by atoms with Crippen molar-refractivity contribution in [1.82, 2.24) is 0 Å². The van der Waals surface area contributed by atoms with E-state index in [-0.39, 0.29) is 10.9 Å². The zero-order chi connectivity index (χ0) is 11.8. The maximum atomic E-state index is 13.4. The van der Waals surface area contributed by atoms with Crippen LogP contribution in [0, 0.1) is 5.82 Å². The van der Waals surface area contributed by atoms with Gasteiger partial charge in [-0.1, -0.05) is 12.1 Å². The lowest BCUT2D eigenvalue weighted by atomic mass is 10.3. The average molecular weight is 243 g/mol. The molecule has 1 aromatic rings. The summed E-state index contributed by atoms with van der Waals surface area (Å²) in [5.41, 5.74) is 5.68. The molecule has 0 heterocycles. The number of benzene rings is 1. The third kappa shape index (κ3) is 1.97. The molecular weight excluding hydrogens is 229 g/mol. The Balaban J connectivity index is 2.36. The summed E-state index contributed by atoms with van der Waals surface area (Å²) in [5, 5.41) is -0.528. The zero-order valence-corrected chi connectivity index (χ0v) is 9.58. The van der Waals surface area contributed by atoms with Crippen molar-refractivity contribution in [3.8, 4) is 0 Å². The van der Waals surface area contributed by atoms with Crippen LogP contribution in [0.25, 0.3) is 0 Å². The number of halogens is 1. The van der Waals surface area contributed by atoms with Gasteiger partial charge in [-0.05, 0) is 31.4 Å². The largest absolute Gasteiger partial charge is 0.328 e. The SMILES string of the molecule is NC1CCC(S(=O)(=O)c2ccccc2F)C1. The van der Waals surface area contributed by atoms with Gasteiger partial charge in [0, 0.05) is 6.04 Å². The Kier molecular flexibility index (Phi) is 2.99. The van der Waals surface area contributed by atoms with E-state index in [1.165, 1.54) is 24.3 Å². The second-order valence-electron chi connectivity index (χ2n) is 4.17. The molecule has 0 spiro atoms. The van der Waals surface area contributed by atoms with Crippen LogP contribution in [0.5, 0.6) is 0 Å². The van der Waals surface area contributed by atoms with Gasteiger partial charge in [-0.15, -0.1) is 0 Å². The van der Waals surface area contributed by atoms with E-state index in [1.807, 2.05) is 0 Å². The fraction of sp³-hybridized carbons (Fsp3) is 0.455. The van der Waals surface area contributed by atoms with Crippen LogP contribution in [-0.2, 0) is 9.84 Å². The number of rotatable bonds is 2. The first-order valence-corrected chi connectivity index (χ1v) is 6.80. The van der Waals surface area contributed by atoms with Gasteiger partial charge in [0.1, 0.15) is 10.7 Å². The Morgan fingerprint density at radius 2 is 1.94 bits per heavy atom. The van der Waals surface area contributed by atoms with Crippen LogP contribution >= 0.6 is 0 Å². The maximum Gasteiger partial charge on any atom is 0.184 e. The number of nitrogens with two attached hydrogens (primary N) is 1. The summed E-state index contributed by atoms with van der Waals surface area (Å²) in [4.78, 5) is -0.200. The van der Waals surface area contributed by atoms with E-state index in [4.69, 9.17) is 5.73 Å². The van der Waals surface area contributed by atoms with Crippen LogP contribution in [0.4, 0.5) is 4.39 Å². The highest BCUT2D eigenvalue weighted by atomic mass is 32.2. The Morgan fingerprint density at radius 3 is 2.50 bits per heavy atom. The van der Waals surface area contributed by atoms with Crippen molar-refractivity contribution in [2.45, 2.75) is 35.4 Å². The minimum absolute atomic E-state index is 0.0773. The zero-order valence-electron chi connectivity index (χ0n) is 8.77. The quantitative estimate of drug-likeness (QED) is 0.855. The topological polar surface area (TPSA) is 60.2 Å². The van der Waals surface area contributed by atoms with Crippen LogP contribution in [0.15, 0.2) is 29.2 Å². The molecule has 1 fully saturated rings. The molecule has 16 heavy (non-hydrogen) atoms. The summed E-state index contributed by atoms with van der Waals surface area (Å²) < 4.78 is 37.6. The van der Waals surface area contributed by atoms with E-state index in [0.29, 0.717) is 19.3 Å².